The molecule has 0 heterocycles. The van der Waals surface area contributed by atoms with Gasteiger partial charge in [0, 0.05) is 17.8 Å². The highest BCUT2D eigenvalue weighted by Gasteiger charge is 2.18. The third-order valence-electron chi connectivity index (χ3n) is 3.35. The van der Waals surface area contributed by atoms with E-state index in [1.54, 1.807) is 6.07 Å². The standard InChI is InChI=1S/C14H19N3O3/c15-9-5-6-11(14(16)19)12(7-9)20-8-13(18)17-10-3-1-2-4-10/h5-7,10H,1-4,8,15H2,(H2,16,19)(H,17,18). The Bertz CT molecular complexity index is 510. The number of amides is 2. The molecule has 1 aliphatic rings. The van der Waals surface area contributed by atoms with Crippen molar-refractivity contribution < 1.29 is 14.3 Å². The normalized spacial score (nSPS) is 15.0. The third-order valence-corrected chi connectivity index (χ3v) is 3.35. The molecule has 2 amide bonds. The number of nitrogens with one attached hydrogen (secondary N) is 1. The molecule has 0 aliphatic heterocycles. The predicted octanol–water partition coefficient (Wildman–Crippen LogP) is 0.805. The Balaban J connectivity index is 1.94. The van der Waals surface area contributed by atoms with Gasteiger partial charge in [-0.2, -0.15) is 0 Å². The van der Waals surface area contributed by atoms with Crippen LogP contribution in [0.5, 0.6) is 5.75 Å². The molecule has 1 aromatic rings. The second kappa shape index (κ2) is 6.27. The van der Waals surface area contributed by atoms with Gasteiger partial charge in [-0.25, -0.2) is 0 Å². The van der Waals surface area contributed by atoms with Crippen molar-refractivity contribution in [1.29, 1.82) is 0 Å². The summed E-state index contributed by atoms with van der Waals surface area (Å²) in [5.41, 5.74) is 11.5. The molecule has 1 aromatic carbocycles. The quantitative estimate of drug-likeness (QED) is 0.692. The van der Waals surface area contributed by atoms with E-state index in [0.717, 1.165) is 25.7 Å². The molecule has 6 heteroatoms. The number of rotatable bonds is 5. The van der Waals surface area contributed by atoms with Crippen LogP contribution in [0.15, 0.2) is 18.2 Å². The first-order valence-electron chi connectivity index (χ1n) is 6.68. The molecule has 0 spiro atoms. The fraction of sp³-hybridized carbons (Fsp3) is 0.429. The zero-order valence-corrected chi connectivity index (χ0v) is 11.2. The van der Waals surface area contributed by atoms with Crippen molar-refractivity contribution >= 4 is 17.5 Å². The smallest absolute Gasteiger partial charge is 0.258 e. The average Bonchev–Trinajstić information content (AvgIpc) is 2.89. The van der Waals surface area contributed by atoms with E-state index in [1.807, 2.05) is 0 Å². The van der Waals surface area contributed by atoms with Crippen LogP contribution in [0, 0.1) is 0 Å². The van der Waals surface area contributed by atoms with Crippen molar-refractivity contribution in [1.82, 2.24) is 5.32 Å². The van der Waals surface area contributed by atoms with E-state index in [2.05, 4.69) is 5.32 Å². The lowest BCUT2D eigenvalue weighted by Crippen LogP contribution is -2.36. The maximum atomic E-state index is 11.8. The molecule has 1 fully saturated rings. The van der Waals surface area contributed by atoms with Crippen molar-refractivity contribution in [2.75, 3.05) is 12.3 Å². The molecule has 0 aromatic heterocycles. The van der Waals surface area contributed by atoms with Crippen LogP contribution in [0.1, 0.15) is 36.0 Å². The Morgan fingerprint density at radius 2 is 2.00 bits per heavy atom. The highest BCUT2D eigenvalue weighted by Crippen LogP contribution is 2.21. The molecule has 0 bridgehead atoms. The molecule has 20 heavy (non-hydrogen) atoms. The Labute approximate surface area is 117 Å². The Kier molecular flexibility index (Phi) is 4.45. The molecule has 6 nitrogen and oxygen atoms in total. The summed E-state index contributed by atoms with van der Waals surface area (Å²) in [5.74, 6) is -0.579. The molecule has 5 N–H and O–H groups in total. The van der Waals surface area contributed by atoms with E-state index >= 15 is 0 Å². The number of primary amides is 1. The second-order valence-corrected chi connectivity index (χ2v) is 4.96. The highest BCUT2D eigenvalue weighted by molar-refractivity contribution is 5.96. The fourth-order valence-electron chi connectivity index (χ4n) is 2.34. The predicted molar refractivity (Wildman–Crippen MR) is 75.3 cm³/mol. The van der Waals surface area contributed by atoms with Crippen LogP contribution >= 0.6 is 0 Å². The fourth-order valence-corrected chi connectivity index (χ4v) is 2.34. The molecule has 0 unspecified atom stereocenters. The molecule has 0 saturated heterocycles. The maximum absolute atomic E-state index is 11.8. The van der Waals surface area contributed by atoms with Crippen LogP contribution in [-0.4, -0.2) is 24.5 Å². The largest absolute Gasteiger partial charge is 0.483 e. The summed E-state index contributed by atoms with van der Waals surface area (Å²) in [6.07, 6.45) is 4.31. The van der Waals surface area contributed by atoms with Crippen molar-refractivity contribution in [3.8, 4) is 5.75 Å². The van der Waals surface area contributed by atoms with Gasteiger partial charge in [0.15, 0.2) is 6.61 Å². The number of hydrogen-bond acceptors (Lipinski definition) is 4. The number of hydrogen-bond donors (Lipinski definition) is 3. The number of carbonyl (C=O) groups excluding carboxylic acids is 2. The van der Waals surface area contributed by atoms with Crippen molar-refractivity contribution in [3.63, 3.8) is 0 Å². The first-order valence-corrected chi connectivity index (χ1v) is 6.68. The van der Waals surface area contributed by atoms with Crippen LogP contribution in [0.3, 0.4) is 0 Å². The SMILES string of the molecule is NC(=O)c1ccc(N)cc1OCC(=O)NC1CCCC1. The Morgan fingerprint density at radius 3 is 2.65 bits per heavy atom. The zero-order valence-electron chi connectivity index (χ0n) is 11.2. The third kappa shape index (κ3) is 3.63. The lowest BCUT2D eigenvalue weighted by Gasteiger charge is -2.13. The molecule has 108 valence electrons. The number of ether oxygens (including phenoxy) is 1. The van der Waals surface area contributed by atoms with Crippen LogP contribution in [0.4, 0.5) is 5.69 Å². The monoisotopic (exact) mass is 277 g/mol. The van der Waals surface area contributed by atoms with Gasteiger partial charge in [-0.15, -0.1) is 0 Å². The summed E-state index contributed by atoms with van der Waals surface area (Å²) in [6.45, 7) is -0.153. The van der Waals surface area contributed by atoms with E-state index in [9.17, 15) is 9.59 Å². The van der Waals surface area contributed by atoms with Gasteiger partial charge in [-0.05, 0) is 25.0 Å². The number of anilines is 1. The van der Waals surface area contributed by atoms with E-state index in [0.29, 0.717) is 5.69 Å². The van der Waals surface area contributed by atoms with Gasteiger partial charge in [0.1, 0.15) is 5.75 Å². The van der Waals surface area contributed by atoms with Gasteiger partial charge < -0.3 is 21.5 Å². The van der Waals surface area contributed by atoms with E-state index < -0.39 is 5.91 Å². The summed E-state index contributed by atoms with van der Waals surface area (Å²) < 4.78 is 5.36. The average molecular weight is 277 g/mol. The summed E-state index contributed by atoms with van der Waals surface area (Å²) in [4.78, 5) is 23.0. The summed E-state index contributed by atoms with van der Waals surface area (Å²) in [6, 6.07) is 4.78. The molecule has 2 rings (SSSR count). The molecule has 1 aliphatic carbocycles. The van der Waals surface area contributed by atoms with Gasteiger partial charge in [-0.3, -0.25) is 9.59 Å². The summed E-state index contributed by atoms with van der Waals surface area (Å²) in [7, 11) is 0. The molecule has 1 saturated carbocycles. The number of benzene rings is 1. The topological polar surface area (TPSA) is 107 Å². The minimum atomic E-state index is -0.615. The van der Waals surface area contributed by atoms with Gasteiger partial charge in [-0.1, -0.05) is 12.8 Å². The first kappa shape index (κ1) is 14.2. The van der Waals surface area contributed by atoms with Gasteiger partial charge in [0.2, 0.25) is 0 Å². The lowest BCUT2D eigenvalue weighted by atomic mass is 10.1. The number of nitrogens with two attached hydrogens (primary N) is 2. The van der Waals surface area contributed by atoms with Gasteiger partial charge in [0.25, 0.3) is 11.8 Å². The number of nitrogen functional groups attached to an aromatic ring is 1. The molecular weight excluding hydrogens is 258 g/mol. The first-order chi connectivity index (χ1) is 9.56. The highest BCUT2D eigenvalue weighted by atomic mass is 16.5. The van der Waals surface area contributed by atoms with Crippen molar-refractivity contribution in [2.45, 2.75) is 31.7 Å². The van der Waals surface area contributed by atoms with Gasteiger partial charge >= 0.3 is 0 Å². The van der Waals surface area contributed by atoms with Crippen LogP contribution in [0.25, 0.3) is 0 Å². The minimum Gasteiger partial charge on any atom is -0.483 e. The molecule has 0 radical (unpaired) electrons. The van der Waals surface area contributed by atoms with E-state index in [4.69, 9.17) is 16.2 Å². The summed E-state index contributed by atoms with van der Waals surface area (Å²) >= 11 is 0. The van der Waals surface area contributed by atoms with Gasteiger partial charge in [0.05, 0.1) is 5.56 Å². The second-order valence-electron chi connectivity index (χ2n) is 4.96. The maximum Gasteiger partial charge on any atom is 0.258 e. The lowest BCUT2D eigenvalue weighted by molar-refractivity contribution is -0.123. The van der Waals surface area contributed by atoms with Crippen molar-refractivity contribution in [3.05, 3.63) is 23.8 Å². The molecular formula is C14H19N3O3. The van der Waals surface area contributed by atoms with Crippen LogP contribution in [-0.2, 0) is 4.79 Å². The van der Waals surface area contributed by atoms with E-state index in [1.165, 1.54) is 12.1 Å². The van der Waals surface area contributed by atoms with Crippen LogP contribution < -0.4 is 21.5 Å². The van der Waals surface area contributed by atoms with Crippen molar-refractivity contribution in [2.24, 2.45) is 5.73 Å². The summed E-state index contributed by atoms with van der Waals surface area (Å²) in [5, 5.41) is 2.90. The molecule has 0 atom stereocenters. The Hall–Kier alpha value is -2.24. The minimum absolute atomic E-state index is 0.153. The van der Waals surface area contributed by atoms with Crippen LogP contribution in [0.2, 0.25) is 0 Å². The zero-order chi connectivity index (χ0) is 14.5. The Morgan fingerprint density at radius 1 is 1.30 bits per heavy atom. The number of carbonyl (C=O) groups is 2. The van der Waals surface area contributed by atoms with E-state index in [-0.39, 0.29) is 29.9 Å².